The van der Waals surface area contributed by atoms with Gasteiger partial charge in [-0.2, -0.15) is 0 Å². The highest BCUT2D eigenvalue weighted by Crippen LogP contribution is 1.98. The lowest BCUT2D eigenvalue weighted by molar-refractivity contribution is 0.0691. The lowest BCUT2D eigenvalue weighted by Crippen LogP contribution is -1.95. The molecule has 11 heavy (non-hydrogen) atoms. The van der Waals surface area contributed by atoms with Gasteiger partial charge in [0.05, 0.1) is 0 Å². The first-order chi connectivity index (χ1) is 4.61. The highest BCUT2D eigenvalue weighted by molar-refractivity contribution is 5.85. The van der Waals surface area contributed by atoms with Crippen LogP contribution in [0, 0.1) is 6.92 Å². The predicted octanol–water partition coefficient (Wildman–Crippen LogP) is 0.849. The fourth-order valence-electron chi connectivity index (χ4n) is 0.662. The van der Waals surface area contributed by atoms with Gasteiger partial charge in [0, 0.05) is 13.2 Å². The Bertz CT molecular complexity index is 250. The maximum Gasteiger partial charge on any atom is 0.356 e. The Morgan fingerprint density at radius 1 is 1.73 bits per heavy atom. The van der Waals surface area contributed by atoms with Crippen molar-refractivity contribution in [2.75, 3.05) is 0 Å². The van der Waals surface area contributed by atoms with Gasteiger partial charge in [-0.05, 0) is 6.92 Å². The molecule has 0 spiro atoms. The molecule has 1 heterocycles. The van der Waals surface area contributed by atoms with Crippen molar-refractivity contribution < 1.29 is 9.90 Å². The number of aromatic carboxylic acids is 1. The monoisotopic (exact) mass is 176 g/mol. The number of carboxylic acids is 1. The third-order valence-electron chi connectivity index (χ3n) is 1.33. The number of aromatic nitrogens is 2. The fraction of sp³-hybridized carbons (Fsp3) is 0.333. The number of carboxylic acid groups (broad SMARTS) is 1. The van der Waals surface area contributed by atoms with E-state index < -0.39 is 5.97 Å². The molecule has 1 N–H and O–H groups in total. The van der Waals surface area contributed by atoms with Crippen LogP contribution in [-0.4, -0.2) is 20.6 Å². The minimum absolute atomic E-state index is 0. The van der Waals surface area contributed by atoms with Crippen LogP contribution in [0.3, 0.4) is 0 Å². The topological polar surface area (TPSA) is 55.1 Å². The van der Waals surface area contributed by atoms with Crippen LogP contribution in [0.2, 0.25) is 0 Å². The first-order valence-corrected chi connectivity index (χ1v) is 2.84. The molecule has 0 radical (unpaired) electrons. The molecule has 1 aromatic heterocycles. The second-order valence-corrected chi connectivity index (χ2v) is 2.09. The van der Waals surface area contributed by atoms with E-state index in [0.29, 0.717) is 5.82 Å². The molecule has 0 unspecified atom stereocenters. The van der Waals surface area contributed by atoms with Crippen molar-refractivity contribution in [1.29, 1.82) is 0 Å². The SMILES string of the molecule is Cc1nc(C(=O)O)cn1C.Cl. The number of halogens is 1. The van der Waals surface area contributed by atoms with Crippen molar-refractivity contribution >= 4 is 18.4 Å². The summed E-state index contributed by atoms with van der Waals surface area (Å²) in [6.45, 7) is 1.76. The second-order valence-electron chi connectivity index (χ2n) is 2.09. The van der Waals surface area contributed by atoms with Crippen LogP contribution in [-0.2, 0) is 7.05 Å². The molecule has 0 aromatic carbocycles. The number of aryl methyl sites for hydroxylation is 2. The molecule has 0 aliphatic carbocycles. The van der Waals surface area contributed by atoms with E-state index in [2.05, 4.69) is 4.98 Å². The van der Waals surface area contributed by atoms with Crippen LogP contribution in [0.5, 0.6) is 0 Å². The van der Waals surface area contributed by atoms with E-state index in [1.54, 1.807) is 18.5 Å². The van der Waals surface area contributed by atoms with Crippen LogP contribution in [0.25, 0.3) is 0 Å². The summed E-state index contributed by atoms with van der Waals surface area (Å²) in [4.78, 5) is 14.1. The highest BCUT2D eigenvalue weighted by atomic mass is 35.5. The van der Waals surface area contributed by atoms with Gasteiger partial charge < -0.3 is 9.67 Å². The Balaban J connectivity index is 0.000001000. The zero-order valence-electron chi connectivity index (χ0n) is 6.24. The Hall–Kier alpha value is -1.03. The molecule has 62 valence electrons. The normalized spacial score (nSPS) is 8.91. The molecular formula is C6H9ClN2O2. The molecule has 4 nitrogen and oxygen atoms in total. The van der Waals surface area contributed by atoms with Gasteiger partial charge in [-0.1, -0.05) is 0 Å². The van der Waals surface area contributed by atoms with Crippen molar-refractivity contribution in [3.8, 4) is 0 Å². The summed E-state index contributed by atoms with van der Waals surface area (Å²) in [7, 11) is 1.76. The minimum Gasteiger partial charge on any atom is -0.476 e. The van der Waals surface area contributed by atoms with E-state index >= 15 is 0 Å². The number of hydrogen-bond donors (Lipinski definition) is 1. The molecule has 0 fully saturated rings. The highest BCUT2D eigenvalue weighted by Gasteiger charge is 2.06. The molecular weight excluding hydrogens is 168 g/mol. The number of rotatable bonds is 1. The molecule has 5 heteroatoms. The molecule has 1 rings (SSSR count). The average Bonchev–Trinajstić information content (AvgIpc) is 2.13. The van der Waals surface area contributed by atoms with Gasteiger partial charge in [-0.3, -0.25) is 0 Å². The van der Waals surface area contributed by atoms with Crippen LogP contribution >= 0.6 is 12.4 Å². The molecule has 0 atom stereocenters. The zero-order chi connectivity index (χ0) is 7.72. The molecule has 0 saturated heterocycles. The minimum atomic E-state index is -0.983. The maximum atomic E-state index is 10.3. The Morgan fingerprint density at radius 3 is 2.45 bits per heavy atom. The Labute approximate surface area is 70.3 Å². The van der Waals surface area contributed by atoms with Crippen molar-refractivity contribution in [2.24, 2.45) is 7.05 Å². The lowest BCUT2D eigenvalue weighted by Gasteiger charge is -1.87. The van der Waals surface area contributed by atoms with Crippen molar-refractivity contribution in [3.05, 3.63) is 17.7 Å². The fourth-order valence-corrected chi connectivity index (χ4v) is 0.662. The van der Waals surface area contributed by atoms with E-state index in [9.17, 15) is 4.79 Å². The van der Waals surface area contributed by atoms with Crippen molar-refractivity contribution in [3.63, 3.8) is 0 Å². The summed E-state index contributed by atoms with van der Waals surface area (Å²) in [5.41, 5.74) is 0.0972. The number of hydrogen-bond acceptors (Lipinski definition) is 2. The van der Waals surface area contributed by atoms with E-state index in [1.165, 1.54) is 6.20 Å². The van der Waals surface area contributed by atoms with Crippen molar-refractivity contribution in [2.45, 2.75) is 6.92 Å². The van der Waals surface area contributed by atoms with Crippen LogP contribution in [0.1, 0.15) is 16.3 Å². The predicted molar refractivity (Wildman–Crippen MR) is 42.2 cm³/mol. The largest absolute Gasteiger partial charge is 0.476 e. The lowest BCUT2D eigenvalue weighted by atomic mass is 10.5. The van der Waals surface area contributed by atoms with Crippen LogP contribution < -0.4 is 0 Å². The van der Waals surface area contributed by atoms with Gasteiger partial charge in [0.25, 0.3) is 0 Å². The van der Waals surface area contributed by atoms with Crippen molar-refractivity contribution in [1.82, 2.24) is 9.55 Å². The summed E-state index contributed by atoms with van der Waals surface area (Å²) in [6.07, 6.45) is 1.48. The van der Waals surface area contributed by atoms with Gasteiger partial charge >= 0.3 is 5.97 Å². The average molecular weight is 177 g/mol. The smallest absolute Gasteiger partial charge is 0.356 e. The van der Waals surface area contributed by atoms with Gasteiger partial charge in [-0.25, -0.2) is 9.78 Å². The number of carbonyl (C=O) groups is 1. The van der Waals surface area contributed by atoms with E-state index in [1.807, 2.05) is 0 Å². The van der Waals surface area contributed by atoms with Gasteiger partial charge in [-0.15, -0.1) is 12.4 Å². The van der Waals surface area contributed by atoms with Gasteiger partial charge in [0.1, 0.15) is 5.82 Å². The summed E-state index contributed by atoms with van der Waals surface area (Å²) in [6, 6.07) is 0. The second kappa shape index (κ2) is 3.39. The van der Waals surface area contributed by atoms with E-state index in [0.717, 1.165) is 0 Å². The first kappa shape index (κ1) is 9.97. The van der Waals surface area contributed by atoms with Crippen LogP contribution in [0.15, 0.2) is 6.20 Å². The van der Waals surface area contributed by atoms with Gasteiger partial charge in [0.2, 0.25) is 0 Å². The number of imidazole rings is 1. The standard InChI is InChI=1S/C6H8N2O2.ClH/c1-4-7-5(6(9)10)3-8(4)2;/h3H,1-2H3,(H,9,10);1H. The Kier molecular flexibility index (Phi) is 3.07. The first-order valence-electron chi connectivity index (χ1n) is 2.84. The summed E-state index contributed by atoms with van der Waals surface area (Å²) in [5, 5.41) is 8.45. The summed E-state index contributed by atoms with van der Waals surface area (Å²) in [5.74, 6) is -0.277. The van der Waals surface area contributed by atoms with Gasteiger partial charge in [0.15, 0.2) is 5.69 Å². The Morgan fingerprint density at radius 2 is 2.27 bits per heavy atom. The van der Waals surface area contributed by atoms with E-state index in [4.69, 9.17) is 5.11 Å². The molecule has 0 amide bonds. The zero-order valence-corrected chi connectivity index (χ0v) is 7.05. The molecule has 0 saturated carbocycles. The molecule has 0 aliphatic heterocycles. The number of nitrogens with zero attached hydrogens (tertiary/aromatic N) is 2. The molecule has 0 aliphatic rings. The van der Waals surface area contributed by atoms with E-state index in [-0.39, 0.29) is 18.1 Å². The third kappa shape index (κ3) is 1.94. The maximum absolute atomic E-state index is 10.3. The summed E-state index contributed by atoms with van der Waals surface area (Å²) >= 11 is 0. The third-order valence-corrected chi connectivity index (χ3v) is 1.33. The quantitative estimate of drug-likeness (QED) is 0.690. The molecule has 0 bridgehead atoms. The summed E-state index contributed by atoms with van der Waals surface area (Å²) < 4.78 is 1.67. The molecule has 1 aromatic rings. The van der Waals surface area contributed by atoms with Crippen LogP contribution in [0.4, 0.5) is 0 Å².